The van der Waals surface area contributed by atoms with Crippen LogP contribution in [0.3, 0.4) is 0 Å². The number of carbonyl (C=O) groups excluding carboxylic acids is 1. The maximum atomic E-state index is 13.7. The van der Waals surface area contributed by atoms with E-state index in [1.54, 1.807) is 16.8 Å². The van der Waals surface area contributed by atoms with E-state index in [2.05, 4.69) is 24.0 Å². The molecule has 1 amide bonds. The molecule has 0 spiro atoms. The molecule has 2 aromatic heterocycles. The van der Waals surface area contributed by atoms with Crippen molar-refractivity contribution in [3.05, 3.63) is 77.5 Å². The smallest absolute Gasteiger partial charge is 0.222 e. The van der Waals surface area contributed by atoms with Crippen LogP contribution in [0.1, 0.15) is 56.1 Å². The van der Waals surface area contributed by atoms with Gasteiger partial charge in [-0.25, -0.2) is 19.0 Å². The number of unbranched alkanes of at least 4 members (excludes halogenated alkanes) is 2. The van der Waals surface area contributed by atoms with E-state index >= 15 is 0 Å². The van der Waals surface area contributed by atoms with Gasteiger partial charge in [0.2, 0.25) is 5.91 Å². The number of fused-ring (bicyclic) bond motifs is 1. The summed E-state index contributed by atoms with van der Waals surface area (Å²) in [4.78, 5) is 27.1. The number of nitrogens with zero attached hydrogens (tertiary/aromatic N) is 6. The van der Waals surface area contributed by atoms with Crippen molar-refractivity contribution in [1.82, 2.24) is 24.6 Å². The van der Waals surface area contributed by atoms with Crippen LogP contribution in [0.2, 0.25) is 0 Å². The number of rotatable bonds is 8. The van der Waals surface area contributed by atoms with Gasteiger partial charge < -0.3 is 9.80 Å². The third-order valence-electron chi connectivity index (χ3n) is 7.15. The van der Waals surface area contributed by atoms with Gasteiger partial charge in [-0.05, 0) is 49.6 Å². The fourth-order valence-corrected chi connectivity index (χ4v) is 5.12. The van der Waals surface area contributed by atoms with E-state index < -0.39 is 0 Å². The van der Waals surface area contributed by atoms with Gasteiger partial charge in [0, 0.05) is 39.0 Å². The molecular formula is C30H35FN6O. The van der Waals surface area contributed by atoms with Gasteiger partial charge in [-0.1, -0.05) is 50.1 Å². The first-order valence-corrected chi connectivity index (χ1v) is 13.6. The fraction of sp³-hybridized carbons (Fsp3) is 0.400. The quantitative estimate of drug-likeness (QED) is 0.292. The van der Waals surface area contributed by atoms with Crippen molar-refractivity contribution in [2.75, 3.05) is 31.1 Å². The van der Waals surface area contributed by atoms with Gasteiger partial charge in [0.15, 0.2) is 5.65 Å². The Morgan fingerprint density at radius 3 is 2.50 bits per heavy atom. The molecule has 0 aliphatic carbocycles. The van der Waals surface area contributed by atoms with Crippen molar-refractivity contribution < 1.29 is 9.18 Å². The summed E-state index contributed by atoms with van der Waals surface area (Å²) in [6.45, 7) is 7.07. The predicted molar refractivity (Wildman–Crippen MR) is 148 cm³/mol. The number of carbonyl (C=O) groups is 1. The van der Waals surface area contributed by atoms with Crippen LogP contribution in [0.5, 0.6) is 0 Å². The summed E-state index contributed by atoms with van der Waals surface area (Å²) in [6, 6.07) is 16.5. The van der Waals surface area contributed by atoms with Crippen LogP contribution in [-0.4, -0.2) is 56.7 Å². The van der Waals surface area contributed by atoms with Gasteiger partial charge in [-0.3, -0.25) is 4.79 Å². The minimum Gasteiger partial charge on any atom is -0.354 e. The second-order valence-electron chi connectivity index (χ2n) is 9.98. The number of amides is 1. The Morgan fingerprint density at radius 1 is 0.947 bits per heavy atom. The Morgan fingerprint density at radius 2 is 1.74 bits per heavy atom. The lowest BCUT2D eigenvalue weighted by atomic mass is 10.1. The topological polar surface area (TPSA) is 67.2 Å². The maximum absolute atomic E-state index is 13.7. The van der Waals surface area contributed by atoms with E-state index in [4.69, 9.17) is 15.1 Å². The normalized spacial score (nSPS) is 14.2. The minimum absolute atomic E-state index is 0.248. The molecule has 0 saturated carbocycles. The molecule has 198 valence electrons. The van der Waals surface area contributed by atoms with Crippen molar-refractivity contribution in [2.24, 2.45) is 0 Å². The van der Waals surface area contributed by atoms with Crippen LogP contribution in [0.4, 0.5) is 10.2 Å². The Kier molecular flexibility index (Phi) is 7.96. The Balaban J connectivity index is 1.51. The Labute approximate surface area is 223 Å². The van der Waals surface area contributed by atoms with Gasteiger partial charge in [0.1, 0.15) is 17.5 Å². The highest BCUT2D eigenvalue weighted by Crippen LogP contribution is 2.30. The second kappa shape index (κ2) is 11.7. The Hall–Kier alpha value is -3.81. The van der Waals surface area contributed by atoms with E-state index in [-0.39, 0.29) is 11.7 Å². The summed E-state index contributed by atoms with van der Waals surface area (Å²) in [5.41, 5.74) is 3.41. The fourth-order valence-electron chi connectivity index (χ4n) is 5.12. The van der Waals surface area contributed by atoms with Gasteiger partial charge >= 0.3 is 0 Å². The van der Waals surface area contributed by atoms with Crippen LogP contribution in [0.25, 0.3) is 16.7 Å². The van der Waals surface area contributed by atoms with E-state index in [9.17, 15) is 9.18 Å². The molecule has 1 aliphatic rings. The van der Waals surface area contributed by atoms with Crippen molar-refractivity contribution in [3.63, 3.8) is 0 Å². The zero-order valence-electron chi connectivity index (χ0n) is 22.2. The maximum Gasteiger partial charge on any atom is 0.222 e. The van der Waals surface area contributed by atoms with Crippen LogP contribution < -0.4 is 4.90 Å². The molecule has 1 aliphatic heterocycles. The molecule has 0 bridgehead atoms. The predicted octanol–water partition coefficient (Wildman–Crippen LogP) is 5.47. The summed E-state index contributed by atoms with van der Waals surface area (Å²) in [7, 11) is 0. The number of hydrogen-bond acceptors (Lipinski definition) is 5. The molecule has 0 atom stereocenters. The largest absolute Gasteiger partial charge is 0.354 e. The molecule has 7 nitrogen and oxygen atoms in total. The van der Waals surface area contributed by atoms with Crippen molar-refractivity contribution in [3.8, 4) is 5.69 Å². The molecule has 3 heterocycles. The first-order chi connectivity index (χ1) is 18.5. The van der Waals surface area contributed by atoms with Crippen molar-refractivity contribution >= 4 is 22.8 Å². The summed E-state index contributed by atoms with van der Waals surface area (Å²) in [5.74, 6) is 1.52. The molecule has 4 aromatic rings. The third kappa shape index (κ3) is 5.69. The highest BCUT2D eigenvalue weighted by molar-refractivity contribution is 5.91. The molecule has 1 fully saturated rings. The first-order valence-electron chi connectivity index (χ1n) is 13.6. The molecule has 2 aromatic carbocycles. The van der Waals surface area contributed by atoms with Crippen molar-refractivity contribution in [1.29, 1.82) is 0 Å². The standard InChI is InChI=1S/C30H35FN6O/c1-3-4-6-12-27(38)35-17-9-18-36(20-19-35)29-28-22(2)34-37(25-15-13-24(31)14-16-25)30(28)33-26(32-29)21-23-10-7-5-8-11-23/h5,7-8,10-11,13-16H,3-4,6,9,12,17-21H2,1-2H3. The van der Waals surface area contributed by atoms with E-state index in [1.165, 1.54) is 12.1 Å². The zero-order valence-corrected chi connectivity index (χ0v) is 22.2. The molecular weight excluding hydrogens is 479 g/mol. The first kappa shape index (κ1) is 25.8. The molecule has 0 N–H and O–H groups in total. The summed E-state index contributed by atoms with van der Waals surface area (Å²) >= 11 is 0. The number of halogens is 1. The van der Waals surface area contributed by atoms with Crippen LogP contribution in [0.15, 0.2) is 54.6 Å². The number of hydrogen-bond donors (Lipinski definition) is 0. The van der Waals surface area contributed by atoms with Gasteiger partial charge in [-0.2, -0.15) is 5.10 Å². The summed E-state index contributed by atoms with van der Waals surface area (Å²) in [5, 5.41) is 5.70. The molecule has 0 radical (unpaired) electrons. The van der Waals surface area contributed by atoms with Crippen LogP contribution in [0, 0.1) is 12.7 Å². The number of aryl methyl sites for hydroxylation is 1. The monoisotopic (exact) mass is 514 g/mol. The van der Waals surface area contributed by atoms with Crippen molar-refractivity contribution in [2.45, 2.75) is 52.4 Å². The average molecular weight is 515 g/mol. The number of anilines is 1. The molecule has 8 heteroatoms. The lowest BCUT2D eigenvalue weighted by molar-refractivity contribution is -0.131. The number of aromatic nitrogens is 4. The SMILES string of the molecule is CCCCCC(=O)N1CCCN(c2nc(Cc3ccccc3)nc3c2c(C)nn3-c2ccc(F)cc2)CC1. The van der Waals surface area contributed by atoms with E-state index in [0.29, 0.717) is 37.4 Å². The summed E-state index contributed by atoms with van der Waals surface area (Å²) in [6.07, 6.45) is 5.24. The zero-order chi connectivity index (χ0) is 26.5. The van der Waals surface area contributed by atoms with Gasteiger partial charge in [0.05, 0.1) is 16.8 Å². The highest BCUT2D eigenvalue weighted by Gasteiger charge is 2.25. The van der Waals surface area contributed by atoms with Crippen LogP contribution in [-0.2, 0) is 11.2 Å². The number of benzene rings is 2. The molecule has 38 heavy (non-hydrogen) atoms. The van der Waals surface area contributed by atoms with Gasteiger partial charge in [0.25, 0.3) is 0 Å². The lowest BCUT2D eigenvalue weighted by Crippen LogP contribution is -2.35. The van der Waals surface area contributed by atoms with Crippen LogP contribution >= 0.6 is 0 Å². The second-order valence-corrected chi connectivity index (χ2v) is 9.98. The highest BCUT2D eigenvalue weighted by atomic mass is 19.1. The summed E-state index contributed by atoms with van der Waals surface area (Å²) < 4.78 is 15.4. The molecule has 5 rings (SSSR count). The molecule has 0 unspecified atom stereocenters. The Bertz CT molecular complexity index is 1390. The van der Waals surface area contributed by atoms with E-state index in [0.717, 1.165) is 66.9 Å². The average Bonchev–Trinajstić information content (AvgIpc) is 3.09. The van der Waals surface area contributed by atoms with E-state index in [1.807, 2.05) is 30.0 Å². The lowest BCUT2D eigenvalue weighted by Gasteiger charge is -2.24. The third-order valence-corrected chi connectivity index (χ3v) is 7.15. The van der Waals surface area contributed by atoms with Gasteiger partial charge in [-0.15, -0.1) is 0 Å². The minimum atomic E-state index is -0.291. The molecule has 1 saturated heterocycles.